The van der Waals surface area contributed by atoms with Crippen LogP contribution in [0.15, 0.2) is 12.3 Å². The number of rotatable bonds is 6. The first-order valence-corrected chi connectivity index (χ1v) is 7.66. The number of anilines is 1. The molecular weight excluding hydrogens is 268 g/mol. The fraction of sp³-hybridized carbons (Fsp3) is 0.667. The second-order valence-corrected chi connectivity index (χ2v) is 5.25. The zero-order valence-corrected chi connectivity index (χ0v) is 12.7. The van der Waals surface area contributed by atoms with Crippen molar-refractivity contribution in [3.05, 3.63) is 18.0 Å². The van der Waals surface area contributed by atoms with Crippen molar-refractivity contribution in [2.24, 2.45) is 0 Å². The van der Waals surface area contributed by atoms with Gasteiger partial charge in [0.05, 0.1) is 0 Å². The molecule has 2 rings (SSSR count). The van der Waals surface area contributed by atoms with Crippen molar-refractivity contribution >= 4 is 11.9 Å². The van der Waals surface area contributed by atoms with Crippen LogP contribution < -0.4 is 10.2 Å². The highest BCUT2D eigenvalue weighted by atomic mass is 16.5. The Labute approximate surface area is 125 Å². The first kappa shape index (κ1) is 15.7. The Balaban J connectivity index is 1.94. The SMILES string of the molecule is COCCCNC(=O)c1ccnc(N2CCCCCC2)n1. The standard InChI is InChI=1S/C15H24N4O2/c1-21-12-6-8-16-14(20)13-7-9-17-15(18-13)19-10-4-2-3-5-11-19/h7,9H,2-6,8,10-12H2,1H3,(H,16,20). The molecule has 0 bridgehead atoms. The van der Waals surface area contributed by atoms with E-state index in [9.17, 15) is 4.79 Å². The molecule has 1 aliphatic rings. The molecule has 0 radical (unpaired) electrons. The van der Waals surface area contributed by atoms with Crippen molar-refractivity contribution in [1.29, 1.82) is 0 Å². The quantitative estimate of drug-likeness (QED) is 0.807. The minimum Gasteiger partial charge on any atom is -0.385 e. The number of aromatic nitrogens is 2. The summed E-state index contributed by atoms with van der Waals surface area (Å²) in [5.74, 6) is 0.519. The van der Waals surface area contributed by atoms with E-state index in [0.717, 1.165) is 32.4 Å². The maximum atomic E-state index is 12.1. The summed E-state index contributed by atoms with van der Waals surface area (Å²) in [6.07, 6.45) is 7.31. The molecule has 0 saturated carbocycles. The average molecular weight is 292 g/mol. The Morgan fingerprint density at radius 1 is 1.33 bits per heavy atom. The van der Waals surface area contributed by atoms with E-state index < -0.39 is 0 Å². The fourth-order valence-corrected chi connectivity index (χ4v) is 2.41. The molecule has 21 heavy (non-hydrogen) atoms. The summed E-state index contributed by atoms with van der Waals surface area (Å²) in [6.45, 7) is 3.18. The molecule has 6 heteroatoms. The van der Waals surface area contributed by atoms with Gasteiger partial charge in [-0.1, -0.05) is 12.8 Å². The van der Waals surface area contributed by atoms with Crippen molar-refractivity contribution in [1.82, 2.24) is 15.3 Å². The number of hydrogen-bond acceptors (Lipinski definition) is 5. The third-order valence-corrected chi connectivity index (χ3v) is 3.58. The molecule has 116 valence electrons. The molecule has 0 atom stereocenters. The molecule has 6 nitrogen and oxygen atoms in total. The summed E-state index contributed by atoms with van der Waals surface area (Å²) in [7, 11) is 1.65. The van der Waals surface area contributed by atoms with E-state index in [1.54, 1.807) is 19.4 Å². The van der Waals surface area contributed by atoms with Gasteiger partial charge in [0.25, 0.3) is 5.91 Å². The highest BCUT2D eigenvalue weighted by Crippen LogP contribution is 2.15. The summed E-state index contributed by atoms with van der Waals surface area (Å²) in [6, 6.07) is 1.66. The zero-order valence-electron chi connectivity index (χ0n) is 12.7. The Morgan fingerprint density at radius 2 is 2.10 bits per heavy atom. The smallest absolute Gasteiger partial charge is 0.270 e. The van der Waals surface area contributed by atoms with E-state index in [2.05, 4.69) is 20.2 Å². The number of nitrogens with one attached hydrogen (secondary N) is 1. The lowest BCUT2D eigenvalue weighted by Gasteiger charge is -2.20. The number of amides is 1. The van der Waals surface area contributed by atoms with E-state index in [1.165, 1.54) is 12.8 Å². The summed E-state index contributed by atoms with van der Waals surface area (Å²) >= 11 is 0. The monoisotopic (exact) mass is 292 g/mol. The summed E-state index contributed by atoms with van der Waals surface area (Å²) in [5, 5.41) is 2.85. The van der Waals surface area contributed by atoms with Gasteiger partial charge in [0.1, 0.15) is 5.69 Å². The first-order chi connectivity index (χ1) is 10.3. The molecule has 1 aliphatic heterocycles. The topological polar surface area (TPSA) is 67.3 Å². The van der Waals surface area contributed by atoms with Gasteiger partial charge < -0.3 is 15.0 Å². The third kappa shape index (κ3) is 4.97. The number of nitrogens with zero attached hydrogens (tertiary/aromatic N) is 3. The Bertz CT molecular complexity index is 445. The van der Waals surface area contributed by atoms with Crippen molar-refractivity contribution in [3.8, 4) is 0 Å². The van der Waals surface area contributed by atoms with Crippen molar-refractivity contribution in [2.45, 2.75) is 32.1 Å². The summed E-state index contributed by atoms with van der Waals surface area (Å²) in [5.41, 5.74) is 0.432. The normalized spacial score (nSPS) is 15.6. The molecule has 1 amide bonds. The van der Waals surface area contributed by atoms with Crippen LogP contribution in [0.5, 0.6) is 0 Å². The van der Waals surface area contributed by atoms with Crippen molar-refractivity contribution < 1.29 is 9.53 Å². The maximum Gasteiger partial charge on any atom is 0.270 e. The number of hydrogen-bond donors (Lipinski definition) is 1. The predicted molar refractivity (Wildman–Crippen MR) is 81.5 cm³/mol. The van der Waals surface area contributed by atoms with E-state index >= 15 is 0 Å². The highest BCUT2D eigenvalue weighted by molar-refractivity contribution is 5.92. The lowest BCUT2D eigenvalue weighted by atomic mass is 10.2. The summed E-state index contributed by atoms with van der Waals surface area (Å²) in [4.78, 5) is 22.9. The van der Waals surface area contributed by atoms with Gasteiger partial charge in [0.15, 0.2) is 0 Å². The largest absolute Gasteiger partial charge is 0.385 e. The molecular formula is C15H24N4O2. The summed E-state index contributed by atoms with van der Waals surface area (Å²) < 4.78 is 4.96. The maximum absolute atomic E-state index is 12.1. The number of ether oxygens (including phenoxy) is 1. The molecule has 1 fully saturated rings. The van der Waals surface area contributed by atoms with E-state index in [4.69, 9.17) is 4.74 Å². The molecule has 1 saturated heterocycles. The number of carbonyl (C=O) groups excluding carboxylic acids is 1. The molecule has 1 aromatic heterocycles. The van der Waals surface area contributed by atoms with E-state index in [1.807, 2.05) is 0 Å². The Morgan fingerprint density at radius 3 is 2.81 bits per heavy atom. The van der Waals surface area contributed by atoms with Gasteiger partial charge in [-0.2, -0.15) is 0 Å². The van der Waals surface area contributed by atoms with Gasteiger partial charge in [-0.15, -0.1) is 0 Å². The van der Waals surface area contributed by atoms with Crippen LogP contribution in [0, 0.1) is 0 Å². The van der Waals surface area contributed by atoms with Crippen LogP contribution in [0.25, 0.3) is 0 Å². The minimum atomic E-state index is -0.149. The van der Waals surface area contributed by atoms with Gasteiger partial charge in [0, 0.05) is 39.5 Å². The minimum absolute atomic E-state index is 0.149. The van der Waals surface area contributed by atoms with Crippen LogP contribution in [0.4, 0.5) is 5.95 Å². The highest BCUT2D eigenvalue weighted by Gasteiger charge is 2.14. The van der Waals surface area contributed by atoms with Crippen LogP contribution in [0.1, 0.15) is 42.6 Å². The van der Waals surface area contributed by atoms with Crippen LogP contribution >= 0.6 is 0 Å². The predicted octanol–water partition coefficient (Wildman–Crippen LogP) is 1.62. The van der Waals surface area contributed by atoms with E-state index in [-0.39, 0.29) is 5.91 Å². The Kier molecular flexibility index (Phi) is 6.40. The number of carbonyl (C=O) groups is 1. The molecule has 0 unspecified atom stereocenters. The van der Waals surface area contributed by atoms with Crippen LogP contribution in [-0.4, -0.2) is 49.2 Å². The van der Waals surface area contributed by atoms with Gasteiger partial charge >= 0.3 is 0 Å². The van der Waals surface area contributed by atoms with E-state index in [0.29, 0.717) is 24.8 Å². The lowest BCUT2D eigenvalue weighted by molar-refractivity contribution is 0.0943. The number of methoxy groups -OCH3 is 1. The second-order valence-electron chi connectivity index (χ2n) is 5.25. The zero-order chi connectivity index (χ0) is 14.9. The van der Waals surface area contributed by atoms with Crippen LogP contribution in [0.3, 0.4) is 0 Å². The van der Waals surface area contributed by atoms with Gasteiger partial charge in [-0.3, -0.25) is 4.79 Å². The van der Waals surface area contributed by atoms with Crippen molar-refractivity contribution in [3.63, 3.8) is 0 Å². The second kappa shape index (κ2) is 8.56. The molecule has 1 aromatic rings. The Hall–Kier alpha value is -1.69. The molecule has 2 heterocycles. The molecule has 0 aliphatic carbocycles. The molecule has 0 aromatic carbocycles. The third-order valence-electron chi connectivity index (χ3n) is 3.58. The van der Waals surface area contributed by atoms with Gasteiger partial charge in [-0.25, -0.2) is 9.97 Å². The van der Waals surface area contributed by atoms with Gasteiger partial charge in [-0.05, 0) is 25.3 Å². The van der Waals surface area contributed by atoms with Crippen molar-refractivity contribution in [2.75, 3.05) is 38.3 Å². The lowest BCUT2D eigenvalue weighted by Crippen LogP contribution is -2.29. The molecule has 1 N–H and O–H groups in total. The van der Waals surface area contributed by atoms with Crippen LogP contribution in [0.2, 0.25) is 0 Å². The van der Waals surface area contributed by atoms with Gasteiger partial charge in [0.2, 0.25) is 5.95 Å². The molecule has 0 spiro atoms. The average Bonchev–Trinajstić information content (AvgIpc) is 2.81. The van der Waals surface area contributed by atoms with Crippen LogP contribution in [-0.2, 0) is 4.74 Å². The first-order valence-electron chi connectivity index (χ1n) is 7.66. The fourth-order valence-electron chi connectivity index (χ4n) is 2.41.